The first-order valence-corrected chi connectivity index (χ1v) is 5.37. The van der Waals surface area contributed by atoms with Crippen LogP contribution in [0.2, 0.25) is 0 Å². The van der Waals surface area contributed by atoms with E-state index in [0.717, 1.165) is 5.69 Å². The zero-order valence-corrected chi connectivity index (χ0v) is 10.4. The highest BCUT2D eigenvalue weighted by atomic mass is 16.4. The summed E-state index contributed by atoms with van der Waals surface area (Å²) < 4.78 is 0. The van der Waals surface area contributed by atoms with E-state index in [1.54, 1.807) is 6.20 Å². The molecule has 0 aliphatic heterocycles. The molecule has 19 heavy (non-hydrogen) atoms. The number of aliphatic hydroxyl groups excluding tert-OH is 1. The molecule has 0 fully saturated rings. The van der Waals surface area contributed by atoms with Crippen molar-refractivity contribution in [3.8, 4) is 0 Å². The lowest BCUT2D eigenvalue weighted by molar-refractivity contribution is -0.141. The van der Waals surface area contributed by atoms with E-state index in [9.17, 15) is 9.59 Å². The maximum Gasteiger partial charge on any atom is 0.323 e. The topological polar surface area (TPSA) is 176 Å². The Morgan fingerprint density at radius 3 is 2.21 bits per heavy atom. The summed E-state index contributed by atoms with van der Waals surface area (Å²) in [5.41, 5.74) is 10.9. The van der Waals surface area contributed by atoms with Gasteiger partial charge in [0, 0.05) is 18.3 Å². The molecule has 9 nitrogen and oxygen atoms in total. The molecule has 0 saturated heterocycles. The molecule has 0 bridgehead atoms. The Morgan fingerprint density at radius 1 is 1.37 bits per heavy atom. The minimum Gasteiger partial charge on any atom is -0.480 e. The molecule has 1 aromatic heterocycles. The predicted molar refractivity (Wildman–Crippen MR) is 65.2 cm³/mol. The first-order chi connectivity index (χ1) is 8.75. The number of nitrogens with zero attached hydrogens (tertiary/aromatic N) is 1. The SMILES string of the molecule is C[C@@H](O)[C@H](N)C(=O)O.N[C@@H](Cc1cnc[nH]1)C(=O)O. The van der Waals surface area contributed by atoms with E-state index in [-0.39, 0.29) is 6.42 Å². The molecule has 0 saturated carbocycles. The third kappa shape index (κ3) is 7.13. The van der Waals surface area contributed by atoms with Crippen LogP contribution < -0.4 is 11.5 Å². The Morgan fingerprint density at radius 2 is 1.95 bits per heavy atom. The second-order valence-electron chi connectivity index (χ2n) is 3.83. The fourth-order valence-corrected chi connectivity index (χ4v) is 0.927. The lowest BCUT2D eigenvalue weighted by atomic mass is 10.2. The second kappa shape index (κ2) is 8.19. The van der Waals surface area contributed by atoms with Crippen LogP contribution in [0.4, 0.5) is 0 Å². The van der Waals surface area contributed by atoms with E-state index in [0.29, 0.717) is 0 Å². The molecule has 0 amide bonds. The number of nitrogens with one attached hydrogen (secondary N) is 1. The summed E-state index contributed by atoms with van der Waals surface area (Å²) in [5, 5.41) is 25.0. The molecule has 0 aliphatic rings. The van der Waals surface area contributed by atoms with Crippen molar-refractivity contribution in [2.75, 3.05) is 0 Å². The average Bonchev–Trinajstić information content (AvgIpc) is 2.81. The standard InChI is InChI=1S/C6H9N3O2.C4H9NO3/c7-5(6(10)11)1-4-2-8-3-9-4;1-2(6)3(5)4(7)8/h2-3,5H,1,7H2,(H,8,9)(H,10,11);2-3,6H,5H2,1H3,(H,7,8)/t5-;2-,3+/m01/s1. The molecule has 3 atom stereocenters. The zero-order valence-electron chi connectivity index (χ0n) is 10.4. The summed E-state index contributed by atoms with van der Waals surface area (Å²) in [5.74, 6) is -2.18. The molecule has 1 aromatic rings. The van der Waals surface area contributed by atoms with Crippen molar-refractivity contribution in [2.45, 2.75) is 31.5 Å². The third-order valence-corrected chi connectivity index (χ3v) is 2.12. The van der Waals surface area contributed by atoms with Crippen LogP contribution in [0.5, 0.6) is 0 Å². The Hall–Kier alpha value is -1.97. The lowest BCUT2D eigenvalue weighted by Gasteiger charge is -2.06. The van der Waals surface area contributed by atoms with Crippen LogP contribution in [0, 0.1) is 0 Å². The van der Waals surface area contributed by atoms with Gasteiger partial charge in [0.1, 0.15) is 12.1 Å². The number of hydrogen-bond acceptors (Lipinski definition) is 6. The molecule has 1 heterocycles. The van der Waals surface area contributed by atoms with Gasteiger partial charge in [-0.05, 0) is 6.92 Å². The van der Waals surface area contributed by atoms with Gasteiger partial charge in [-0.25, -0.2) is 4.98 Å². The summed E-state index contributed by atoms with van der Waals surface area (Å²) in [6.07, 6.45) is 2.36. The Balaban J connectivity index is 0.000000362. The molecule has 0 aromatic carbocycles. The number of aromatic amines is 1. The summed E-state index contributed by atoms with van der Waals surface area (Å²) in [4.78, 5) is 26.6. The van der Waals surface area contributed by atoms with Crippen molar-refractivity contribution in [1.29, 1.82) is 0 Å². The number of imidazole rings is 1. The van der Waals surface area contributed by atoms with E-state index in [1.165, 1.54) is 13.3 Å². The predicted octanol–water partition coefficient (Wildman–Crippen LogP) is -1.86. The maximum absolute atomic E-state index is 10.3. The monoisotopic (exact) mass is 274 g/mol. The summed E-state index contributed by atoms with van der Waals surface area (Å²) in [6.45, 7) is 1.33. The van der Waals surface area contributed by atoms with Crippen LogP contribution in [-0.4, -0.2) is 55.4 Å². The van der Waals surface area contributed by atoms with Gasteiger partial charge in [0.05, 0.1) is 12.4 Å². The van der Waals surface area contributed by atoms with Gasteiger partial charge in [-0.15, -0.1) is 0 Å². The number of H-pyrrole nitrogens is 1. The molecule has 8 N–H and O–H groups in total. The largest absolute Gasteiger partial charge is 0.480 e. The van der Waals surface area contributed by atoms with Crippen molar-refractivity contribution in [3.05, 3.63) is 18.2 Å². The molecular weight excluding hydrogens is 256 g/mol. The zero-order chi connectivity index (χ0) is 15.0. The van der Waals surface area contributed by atoms with Gasteiger partial charge < -0.3 is 31.8 Å². The van der Waals surface area contributed by atoms with E-state index in [2.05, 4.69) is 9.97 Å². The van der Waals surface area contributed by atoms with E-state index < -0.39 is 30.1 Å². The Kier molecular flexibility index (Phi) is 7.34. The number of carbonyl (C=O) groups is 2. The van der Waals surface area contributed by atoms with E-state index >= 15 is 0 Å². The molecule has 0 unspecified atom stereocenters. The Labute approximate surface area is 109 Å². The quantitative estimate of drug-likeness (QED) is 0.362. The number of nitrogens with two attached hydrogens (primary N) is 2. The van der Waals surface area contributed by atoms with Crippen molar-refractivity contribution in [1.82, 2.24) is 9.97 Å². The average molecular weight is 274 g/mol. The van der Waals surface area contributed by atoms with Crippen LogP contribution in [0.1, 0.15) is 12.6 Å². The van der Waals surface area contributed by atoms with Crippen molar-refractivity contribution >= 4 is 11.9 Å². The molecule has 9 heteroatoms. The van der Waals surface area contributed by atoms with Crippen LogP contribution in [0.25, 0.3) is 0 Å². The van der Waals surface area contributed by atoms with Gasteiger partial charge in [0.2, 0.25) is 0 Å². The molecule has 1 rings (SSSR count). The van der Waals surface area contributed by atoms with E-state index in [1.807, 2.05) is 0 Å². The minimum absolute atomic E-state index is 0.287. The van der Waals surface area contributed by atoms with Gasteiger partial charge in [-0.3, -0.25) is 9.59 Å². The number of aliphatic carboxylic acids is 2. The number of aliphatic hydroxyl groups is 1. The molecule has 108 valence electrons. The van der Waals surface area contributed by atoms with Crippen LogP contribution >= 0.6 is 0 Å². The summed E-state index contributed by atoms with van der Waals surface area (Å²) >= 11 is 0. The number of carboxylic acid groups (broad SMARTS) is 2. The normalized spacial score (nSPS) is 14.7. The Bertz CT molecular complexity index is 393. The third-order valence-electron chi connectivity index (χ3n) is 2.12. The highest BCUT2D eigenvalue weighted by Crippen LogP contribution is 1.95. The van der Waals surface area contributed by atoms with Gasteiger partial charge in [-0.1, -0.05) is 0 Å². The highest BCUT2D eigenvalue weighted by Gasteiger charge is 2.16. The van der Waals surface area contributed by atoms with Gasteiger partial charge in [-0.2, -0.15) is 0 Å². The minimum atomic E-state index is -1.18. The van der Waals surface area contributed by atoms with Crippen LogP contribution in [0.15, 0.2) is 12.5 Å². The van der Waals surface area contributed by atoms with Crippen LogP contribution in [-0.2, 0) is 16.0 Å². The fraction of sp³-hybridized carbons (Fsp3) is 0.500. The number of rotatable bonds is 5. The molecule has 0 radical (unpaired) electrons. The van der Waals surface area contributed by atoms with Crippen molar-refractivity contribution < 1.29 is 24.9 Å². The van der Waals surface area contributed by atoms with Gasteiger partial charge in [0.15, 0.2) is 0 Å². The summed E-state index contributed by atoms with van der Waals surface area (Å²) in [6, 6.07) is -2.01. The van der Waals surface area contributed by atoms with Gasteiger partial charge >= 0.3 is 11.9 Å². The lowest BCUT2D eigenvalue weighted by Crippen LogP contribution is -2.39. The molecular formula is C10H18N4O5. The number of aromatic nitrogens is 2. The second-order valence-corrected chi connectivity index (χ2v) is 3.83. The summed E-state index contributed by atoms with van der Waals surface area (Å²) in [7, 11) is 0. The number of carboxylic acids is 2. The first-order valence-electron chi connectivity index (χ1n) is 5.37. The van der Waals surface area contributed by atoms with E-state index in [4.69, 9.17) is 26.8 Å². The first kappa shape index (κ1) is 17.0. The molecule has 0 aliphatic carbocycles. The maximum atomic E-state index is 10.3. The van der Waals surface area contributed by atoms with Crippen LogP contribution in [0.3, 0.4) is 0 Å². The van der Waals surface area contributed by atoms with Crippen molar-refractivity contribution in [3.63, 3.8) is 0 Å². The van der Waals surface area contributed by atoms with Gasteiger partial charge in [0.25, 0.3) is 0 Å². The van der Waals surface area contributed by atoms with Crippen molar-refractivity contribution in [2.24, 2.45) is 11.5 Å². The molecule has 0 spiro atoms. The fourth-order valence-electron chi connectivity index (χ4n) is 0.927. The highest BCUT2D eigenvalue weighted by molar-refractivity contribution is 5.73. The number of hydrogen-bond donors (Lipinski definition) is 6. The smallest absolute Gasteiger partial charge is 0.323 e.